The fourth-order valence-corrected chi connectivity index (χ4v) is 4.08. The summed E-state index contributed by atoms with van der Waals surface area (Å²) in [5, 5.41) is 9.61. The second-order valence-electron chi connectivity index (χ2n) is 6.10. The predicted molar refractivity (Wildman–Crippen MR) is 88.4 cm³/mol. The molecule has 0 aliphatic carbocycles. The normalized spacial score (nSPS) is 17.8. The summed E-state index contributed by atoms with van der Waals surface area (Å²) in [5.41, 5.74) is 2.22. The smallest absolute Gasteiger partial charge is 0.172 e. The lowest BCUT2D eigenvalue weighted by atomic mass is 10.2. The summed E-state index contributed by atoms with van der Waals surface area (Å²) in [7, 11) is 2.18. The highest BCUT2D eigenvalue weighted by molar-refractivity contribution is 7.18. The third-order valence-corrected chi connectivity index (χ3v) is 5.71. The standard InChI is InChI=1S/C15H20N6S/c1-10-11(2)22-15-13(10)14-18-16-9-21(14)12(17-15)8-20-6-4-19(3)5-7-20/h9H,4-8H2,1-3H3. The molecule has 6 nitrogen and oxygen atoms in total. The Morgan fingerprint density at radius 3 is 2.73 bits per heavy atom. The van der Waals surface area contributed by atoms with E-state index >= 15 is 0 Å². The summed E-state index contributed by atoms with van der Waals surface area (Å²) < 4.78 is 2.06. The molecule has 0 radical (unpaired) electrons. The minimum absolute atomic E-state index is 0.855. The van der Waals surface area contributed by atoms with Crippen molar-refractivity contribution in [3.8, 4) is 0 Å². The van der Waals surface area contributed by atoms with Crippen molar-refractivity contribution >= 4 is 27.2 Å². The number of aromatic nitrogens is 4. The molecule has 1 saturated heterocycles. The van der Waals surface area contributed by atoms with E-state index in [0.717, 1.165) is 54.4 Å². The number of aryl methyl sites for hydroxylation is 2. The molecule has 0 atom stereocenters. The van der Waals surface area contributed by atoms with Gasteiger partial charge < -0.3 is 4.90 Å². The maximum Gasteiger partial charge on any atom is 0.172 e. The molecule has 0 amide bonds. The third kappa shape index (κ3) is 2.20. The van der Waals surface area contributed by atoms with E-state index in [4.69, 9.17) is 4.98 Å². The van der Waals surface area contributed by atoms with E-state index in [2.05, 4.69) is 45.3 Å². The first-order valence-corrected chi connectivity index (χ1v) is 8.44. The van der Waals surface area contributed by atoms with Crippen LogP contribution in [0.3, 0.4) is 0 Å². The van der Waals surface area contributed by atoms with Crippen LogP contribution in [0.4, 0.5) is 0 Å². The van der Waals surface area contributed by atoms with Gasteiger partial charge in [0.05, 0.1) is 11.9 Å². The highest BCUT2D eigenvalue weighted by Gasteiger charge is 2.19. The summed E-state index contributed by atoms with van der Waals surface area (Å²) in [4.78, 5) is 12.1. The van der Waals surface area contributed by atoms with Gasteiger partial charge in [-0.25, -0.2) is 4.98 Å². The largest absolute Gasteiger partial charge is 0.304 e. The van der Waals surface area contributed by atoms with Gasteiger partial charge in [0.1, 0.15) is 17.0 Å². The number of thiophene rings is 1. The fraction of sp³-hybridized carbons (Fsp3) is 0.533. The van der Waals surface area contributed by atoms with Crippen LogP contribution in [-0.4, -0.2) is 62.6 Å². The van der Waals surface area contributed by atoms with Gasteiger partial charge in [-0.3, -0.25) is 9.30 Å². The molecule has 0 aromatic carbocycles. The fourth-order valence-electron chi connectivity index (χ4n) is 3.03. The molecule has 0 bridgehead atoms. The summed E-state index contributed by atoms with van der Waals surface area (Å²) in [6.45, 7) is 9.55. The van der Waals surface area contributed by atoms with Gasteiger partial charge in [-0.2, -0.15) is 0 Å². The zero-order chi connectivity index (χ0) is 15.3. The number of rotatable bonds is 2. The van der Waals surface area contributed by atoms with Gasteiger partial charge in [0.2, 0.25) is 0 Å². The van der Waals surface area contributed by atoms with Crippen LogP contribution >= 0.6 is 11.3 Å². The Morgan fingerprint density at radius 1 is 1.18 bits per heavy atom. The van der Waals surface area contributed by atoms with Crippen LogP contribution in [0.1, 0.15) is 16.3 Å². The Labute approximate surface area is 133 Å². The lowest BCUT2D eigenvalue weighted by Gasteiger charge is -2.32. The molecule has 4 rings (SSSR count). The third-order valence-electron chi connectivity index (χ3n) is 4.61. The zero-order valence-corrected chi connectivity index (χ0v) is 14.0. The molecule has 1 fully saturated rings. The van der Waals surface area contributed by atoms with Crippen molar-refractivity contribution in [3.63, 3.8) is 0 Å². The van der Waals surface area contributed by atoms with Crippen LogP contribution in [0.5, 0.6) is 0 Å². The van der Waals surface area contributed by atoms with E-state index in [1.165, 1.54) is 10.4 Å². The average molecular weight is 316 g/mol. The van der Waals surface area contributed by atoms with Gasteiger partial charge >= 0.3 is 0 Å². The van der Waals surface area contributed by atoms with Crippen LogP contribution in [0.15, 0.2) is 6.33 Å². The van der Waals surface area contributed by atoms with Gasteiger partial charge in [-0.1, -0.05) is 0 Å². The van der Waals surface area contributed by atoms with Crippen LogP contribution in [0, 0.1) is 13.8 Å². The van der Waals surface area contributed by atoms with Crippen LogP contribution in [-0.2, 0) is 6.54 Å². The number of hydrogen-bond donors (Lipinski definition) is 0. The van der Waals surface area contributed by atoms with Gasteiger partial charge in [0, 0.05) is 31.1 Å². The van der Waals surface area contributed by atoms with Crippen molar-refractivity contribution in [2.45, 2.75) is 20.4 Å². The molecule has 0 N–H and O–H groups in total. The van der Waals surface area contributed by atoms with Crippen LogP contribution in [0.25, 0.3) is 15.9 Å². The molecule has 0 saturated carbocycles. The molecular weight excluding hydrogens is 296 g/mol. The lowest BCUT2D eigenvalue weighted by Crippen LogP contribution is -2.44. The molecule has 0 unspecified atom stereocenters. The van der Waals surface area contributed by atoms with Crippen molar-refractivity contribution < 1.29 is 0 Å². The topological polar surface area (TPSA) is 49.6 Å². The molecule has 1 aliphatic rings. The quantitative estimate of drug-likeness (QED) is 0.720. The highest BCUT2D eigenvalue weighted by atomic mass is 32.1. The maximum atomic E-state index is 4.92. The van der Waals surface area contributed by atoms with Crippen molar-refractivity contribution in [2.24, 2.45) is 0 Å². The van der Waals surface area contributed by atoms with E-state index in [-0.39, 0.29) is 0 Å². The number of hydrogen-bond acceptors (Lipinski definition) is 6. The summed E-state index contributed by atoms with van der Waals surface area (Å²) in [6, 6.07) is 0. The maximum absolute atomic E-state index is 4.92. The highest BCUT2D eigenvalue weighted by Crippen LogP contribution is 2.31. The summed E-state index contributed by atoms with van der Waals surface area (Å²) >= 11 is 1.75. The van der Waals surface area contributed by atoms with E-state index in [1.807, 2.05) is 0 Å². The Morgan fingerprint density at radius 2 is 1.95 bits per heavy atom. The first kappa shape index (κ1) is 14.0. The Hall–Kier alpha value is -1.57. The minimum atomic E-state index is 0.855. The molecule has 22 heavy (non-hydrogen) atoms. The van der Waals surface area contributed by atoms with E-state index < -0.39 is 0 Å². The van der Waals surface area contributed by atoms with Crippen LogP contribution in [0.2, 0.25) is 0 Å². The average Bonchev–Trinajstić information content (AvgIpc) is 3.07. The molecule has 0 spiro atoms. The zero-order valence-electron chi connectivity index (χ0n) is 13.2. The molecule has 3 aromatic heterocycles. The summed E-state index contributed by atoms with van der Waals surface area (Å²) in [5.74, 6) is 1.04. The minimum Gasteiger partial charge on any atom is -0.304 e. The second kappa shape index (κ2) is 5.26. The van der Waals surface area contributed by atoms with Crippen molar-refractivity contribution in [2.75, 3.05) is 33.2 Å². The van der Waals surface area contributed by atoms with Crippen molar-refractivity contribution in [1.29, 1.82) is 0 Å². The Kier molecular flexibility index (Phi) is 3.36. The predicted octanol–water partition coefficient (Wildman–Crippen LogP) is 1.70. The second-order valence-corrected chi connectivity index (χ2v) is 7.30. The summed E-state index contributed by atoms with van der Waals surface area (Å²) in [6.07, 6.45) is 1.79. The number of fused-ring (bicyclic) bond motifs is 3. The Balaban J connectivity index is 1.78. The van der Waals surface area contributed by atoms with Gasteiger partial charge in [-0.05, 0) is 26.5 Å². The number of likely N-dealkylation sites (N-methyl/N-ethyl adjacent to an activating group) is 1. The molecule has 1 aliphatic heterocycles. The molecular formula is C15H20N6S. The van der Waals surface area contributed by atoms with E-state index in [0.29, 0.717) is 0 Å². The Bertz CT molecular complexity index is 827. The van der Waals surface area contributed by atoms with Gasteiger partial charge in [0.25, 0.3) is 0 Å². The first-order chi connectivity index (χ1) is 10.6. The van der Waals surface area contributed by atoms with E-state index in [9.17, 15) is 0 Å². The lowest BCUT2D eigenvalue weighted by molar-refractivity contribution is 0.145. The first-order valence-electron chi connectivity index (χ1n) is 7.62. The van der Waals surface area contributed by atoms with E-state index in [1.54, 1.807) is 17.7 Å². The van der Waals surface area contributed by atoms with Gasteiger partial charge in [-0.15, -0.1) is 21.5 Å². The molecule has 7 heteroatoms. The van der Waals surface area contributed by atoms with Crippen LogP contribution < -0.4 is 0 Å². The van der Waals surface area contributed by atoms with Crippen molar-refractivity contribution in [1.82, 2.24) is 29.4 Å². The van der Waals surface area contributed by atoms with Crippen molar-refractivity contribution in [3.05, 3.63) is 22.6 Å². The number of nitrogens with zero attached hydrogens (tertiary/aromatic N) is 6. The SMILES string of the molecule is Cc1sc2nc(CN3CCN(C)CC3)n3cnnc3c2c1C. The number of piperazine rings is 1. The monoisotopic (exact) mass is 316 g/mol. The van der Waals surface area contributed by atoms with Gasteiger partial charge in [0.15, 0.2) is 5.65 Å². The molecule has 116 valence electrons. The molecule has 3 aromatic rings. The molecule has 4 heterocycles.